The number of carboxylic acid groups (broad SMARTS) is 1. The molecule has 15 heavy (non-hydrogen) atoms. The minimum Gasteiger partial charge on any atom is -0.478 e. The molecule has 4 heteroatoms. The number of rotatable bonds is 5. The highest BCUT2D eigenvalue weighted by molar-refractivity contribution is 7.10. The largest absolute Gasteiger partial charge is 0.478 e. The summed E-state index contributed by atoms with van der Waals surface area (Å²) >= 11 is 1.51. The second kappa shape index (κ2) is 4.33. The van der Waals surface area contributed by atoms with Crippen LogP contribution in [0.3, 0.4) is 0 Å². The fourth-order valence-corrected chi connectivity index (χ4v) is 2.57. The number of carboxylic acids is 1. The zero-order valence-corrected chi connectivity index (χ0v) is 9.51. The fourth-order valence-electron chi connectivity index (χ4n) is 1.77. The summed E-state index contributed by atoms with van der Waals surface area (Å²) in [5.74, 6) is -0.000682. The van der Waals surface area contributed by atoms with Crippen LogP contribution in [0.4, 0.5) is 0 Å². The van der Waals surface area contributed by atoms with Crippen LogP contribution in [0.2, 0.25) is 0 Å². The van der Waals surface area contributed by atoms with Crippen molar-refractivity contribution in [2.45, 2.75) is 32.4 Å². The van der Waals surface area contributed by atoms with Crippen molar-refractivity contribution in [3.63, 3.8) is 0 Å². The Balaban J connectivity index is 1.81. The van der Waals surface area contributed by atoms with Crippen molar-refractivity contribution < 1.29 is 9.90 Å². The quantitative estimate of drug-likeness (QED) is 0.808. The monoisotopic (exact) mass is 225 g/mol. The van der Waals surface area contributed by atoms with E-state index in [4.69, 9.17) is 5.11 Å². The lowest BCUT2D eigenvalue weighted by atomic mass is 10.3. The van der Waals surface area contributed by atoms with E-state index in [1.165, 1.54) is 24.2 Å². The van der Waals surface area contributed by atoms with Gasteiger partial charge in [-0.15, -0.1) is 11.3 Å². The molecule has 0 saturated heterocycles. The van der Waals surface area contributed by atoms with Crippen molar-refractivity contribution in [1.82, 2.24) is 5.32 Å². The Kier molecular flexibility index (Phi) is 3.07. The van der Waals surface area contributed by atoms with E-state index in [0.29, 0.717) is 11.6 Å². The first-order valence-corrected chi connectivity index (χ1v) is 6.12. The molecule has 1 aliphatic carbocycles. The molecule has 0 bridgehead atoms. The van der Waals surface area contributed by atoms with Gasteiger partial charge >= 0.3 is 5.97 Å². The molecule has 2 unspecified atom stereocenters. The van der Waals surface area contributed by atoms with Crippen molar-refractivity contribution in [3.8, 4) is 0 Å². The van der Waals surface area contributed by atoms with Gasteiger partial charge in [-0.3, -0.25) is 0 Å². The molecule has 0 spiro atoms. The van der Waals surface area contributed by atoms with Crippen molar-refractivity contribution in [2.24, 2.45) is 5.92 Å². The topological polar surface area (TPSA) is 49.3 Å². The molecule has 1 fully saturated rings. The highest BCUT2D eigenvalue weighted by Gasteiger charge is 2.34. The van der Waals surface area contributed by atoms with Crippen LogP contribution in [0.15, 0.2) is 11.4 Å². The molecule has 1 aliphatic rings. The minimum atomic E-state index is -0.838. The average molecular weight is 225 g/mol. The highest BCUT2D eigenvalue weighted by Crippen LogP contribution is 2.33. The first-order chi connectivity index (χ1) is 7.20. The third-order valence-corrected chi connectivity index (χ3v) is 3.82. The molecule has 2 N–H and O–H groups in total. The van der Waals surface area contributed by atoms with Crippen molar-refractivity contribution in [2.75, 3.05) is 0 Å². The first-order valence-electron chi connectivity index (χ1n) is 5.24. The van der Waals surface area contributed by atoms with Gasteiger partial charge in [-0.1, -0.05) is 13.3 Å². The van der Waals surface area contributed by atoms with Gasteiger partial charge in [-0.2, -0.15) is 0 Å². The normalized spacial score (nSPS) is 24.1. The SMILES string of the molecule is CCC1CC1NCc1cc(C(=O)O)cs1. The number of carbonyl (C=O) groups is 1. The maximum atomic E-state index is 10.6. The lowest BCUT2D eigenvalue weighted by Crippen LogP contribution is -2.16. The molecule has 0 aromatic carbocycles. The number of nitrogens with one attached hydrogen (secondary N) is 1. The van der Waals surface area contributed by atoms with Crippen LogP contribution in [0.25, 0.3) is 0 Å². The summed E-state index contributed by atoms with van der Waals surface area (Å²) < 4.78 is 0. The molecule has 0 radical (unpaired) electrons. The minimum absolute atomic E-state index is 0.402. The highest BCUT2D eigenvalue weighted by atomic mass is 32.1. The zero-order valence-electron chi connectivity index (χ0n) is 8.69. The van der Waals surface area contributed by atoms with Crippen LogP contribution >= 0.6 is 11.3 Å². The summed E-state index contributed by atoms with van der Waals surface area (Å²) in [6.45, 7) is 3.01. The van der Waals surface area contributed by atoms with Crippen LogP contribution in [-0.2, 0) is 6.54 Å². The van der Waals surface area contributed by atoms with E-state index in [0.717, 1.165) is 17.3 Å². The van der Waals surface area contributed by atoms with E-state index >= 15 is 0 Å². The molecular formula is C11H15NO2S. The molecule has 0 aliphatic heterocycles. The summed E-state index contributed by atoms with van der Waals surface area (Å²) in [6, 6.07) is 2.41. The Morgan fingerprint density at radius 3 is 3.07 bits per heavy atom. The Morgan fingerprint density at radius 1 is 1.73 bits per heavy atom. The van der Waals surface area contributed by atoms with Gasteiger partial charge in [-0.25, -0.2) is 4.79 Å². The Labute approximate surface area is 93.1 Å². The van der Waals surface area contributed by atoms with Gasteiger partial charge in [-0.05, 0) is 18.4 Å². The average Bonchev–Trinajstić information content (AvgIpc) is 2.81. The first kappa shape index (κ1) is 10.6. The zero-order chi connectivity index (χ0) is 10.8. The van der Waals surface area contributed by atoms with E-state index in [2.05, 4.69) is 12.2 Å². The van der Waals surface area contributed by atoms with Gasteiger partial charge in [0.15, 0.2) is 0 Å². The van der Waals surface area contributed by atoms with Gasteiger partial charge < -0.3 is 10.4 Å². The number of hydrogen-bond donors (Lipinski definition) is 2. The summed E-state index contributed by atoms with van der Waals surface area (Å²) in [6.07, 6.45) is 2.51. The predicted octanol–water partition coefficient (Wildman–Crippen LogP) is 2.33. The summed E-state index contributed by atoms with van der Waals surface area (Å²) in [7, 11) is 0. The number of thiophene rings is 1. The van der Waals surface area contributed by atoms with Gasteiger partial charge in [0.2, 0.25) is 0 Å². The van der Waals surface area contributed by atoms with Crippen molar-refractivity contribution >= 4 is 17.3 Å². The van der Waals surface area contributed by atoms with E-state index in [1.807, 2.05) is 0 Å². The summed E-state index contributed by atoms with van der Waals surface area (Å²) in [4.78, 5) is 11.8. The molecule has 2 rings (SSSR count). The molecule has 1 saturated carbocycles. The molecular weight excluding hydrogens is 210 g/mol. The van der Waals surface area contributed by atoms with Crippen LogP contribution < -0.4 is 5.32 Å². The van der Waals surface area contributed by atoms with Crippen LogP contribution in [-0.4, -0.2) is 17.1 Å². The number of hydrogen-bond acceptors (Lipinski definition) is 3. The predicted molar refractivity (Wildman–Crippen MR) is 60.3 cm³/mol. The molecule has 1 heterocycles. The Hall–Kier alpha value is -0.870. The van der Waals surface area contributed by atoms with Crippen molar-refractivity contribution in [3.05, 3.63) is 21.9 Å². The smallest absolute Gasteiger partial charge is 0.336 e. The van der Waals surface area contributed by atoms with E-state index < -0.39 is 5.97 Å². The molecule has 3 nitrogen and oxygen atoms in total. The van der Waals surface area contributed by atoms with Crippen molar-refractivity contribution in [1.29, 1.82) is 0 Å². The maximum absolute atomic E-state index is 10.6. The Morgan fingerprint density at radius 2 is 2.53 bits per heavy atom. The maximum Gasteiger partial charge on any atom is 0.336 e. The third-order valence-electron chi connectivity index (χ3n) is 2.89. The molecule has 2 atom stereocenters. The van der Waals surface area contributed by atoms with Gasteiger partial charge in [0.1, 0.15) is 0 Å². The second-order valence-corrected chi connectivity index (χ2v) is 4.99. The molecule has 1 aromatic heterocycles. The summed E-state index contributed by atoms with van der Waals surface area (Å²) in [5.41, 5.74) is 0.402. The van der Waals surface area contributed by atoms with E-state index in [1.54, 1.807) is 11.4 Å². The van der Waals surface area contributed by atoms with E-state index in [-0.39, 0.29) is 0 Å². The van der Waals surface area contributed by atoms with Gasteiger partial charge in [0, 0.05) is 22.8 Å². The lowest BCUT2D eigenvalue weighted by molar-refractivity contribution is 0.0697. The van der Waals surface area contributed by atoms with Crippen LogP contribution in [0.1, 0.15) is 35.0 Å². The molecule has 0 amide bonds. The van der Waals surface area contributed by atoms with Crippen LogP contribution in [0, 0.1) is 5.92 Å². The third kappa shape index (κ3) is 2.58. The van der Waals surface area contributed by atoms with E-state index in [9.17, 15) is 4.79 Å². The van der Waals surface area contributed by atoms with Crippen LogP contribution in [0.5, 0.6) is 0 Å². The Bertz CT molecular complexity index is 361. The van der Waals surface area contributed by atoms with Gasteiger partial charge in [0.25, 0.3) is 0 Å². The second-order valence-electron chi connectivity index (χ2n) is 4.00. The molecule has 82 valence electrons. The number of aromatic carboxylic acids is 1. The summed E-state index contributed by atoms with van der Waals surface area (Å²) in [5, 5.41) is 13.9. The van der Waals surface area contributed by atoms with Gasteiger partial charge in [0.05, 0.1) is 5.56 Å². The standard InChI is InChI=1S/C11H15NO2S/c1-2-7-4-10(7)12-5-9-3-8(6-15-9)11(13)14/h3,6-7,10,12H,2,4-5H2,1H3,(H,13,14). The fraction of sp³-hybridized carbons (Fsp3) is 0.545. The molecule has 1 aromatic rings. The lowest BCUT2D eigenvalue weighted by Gasteiger charge is -2.00.